The van der Waals surface area contributed by atoms with Gasteiger partial charge in [0.1, 0.15) is 6.04 Å². The molecule has 3 amide bonds. The van der Waals surface area contributed by atoms with Crippen LogP contribution in [-0.2, 0) is 16.0 Å². The molecule has 0 bridgehead atoms. The Morgan fingerprint density at radius 1 is 1.07 bits per heavy atom. The Hall–Kier alpha value is -2.66. The summed E-state index contributed by atoms with van der Waals surface area (Å²) in [5.74, 6) is -0.132. The van der Waals surface area contributed by atoms with Crippen molar-refractivity contribution in [1.82, 2.24) is 10.2 Å². The van der Waals surface area contributed by atoms with E-state index in [1.165, 1.54) is 4.90 Å². The number of carbonyl (C=O) groups excluding carboxylic acids is 2. The number of carbonyl (C=O) groups is 2. The Morgan fingerprint density at radius 2 is 1.82 bits per heavy atom. The average molecular weight is 378 g/mol. The summed E-state index contributed by atoms with van der Waals surface area (Å²) in [5.41, 5.74) is 3.16. The first-order valence-corrected chi connectivity index (χ1v) is 9.92. The zero-order chi connectivity index (χ0) is 19.6. The van der Waals surface area contributed by atoms with Crippen LogP contribution in [-0.4, -0.2) is 42.1 Å². The Kier molecular flexibility index (Phi) is 5.18. The number of rotatable bonds is 7. The number of benzene rings is 2. The predicted molar refractivity (Wildman–Crippen MR) is 108 cm³/mol. The van der Waals surface area contributed by atoms with Crippen molar-refractivity contribution in [1.29, 1.82) is 0 Å². The fourth-order valence-corrected chi connectivity index (χ4v) is 4.14. The van der Waals surface area contributed by atoms with E-state index in [1.54, 1.807) is 7.11 Å². The van der Waals surface area contributed by atoms with Gasteiger partial charge >= 0.3 is 6.03 Å². The highest BCUT2D eigenvalue weighted by Gasteiger charge is 2.46. The van der Waals surface area contributed by atoms with Crippen LogP contribution >= 0.6 is 0 Å². The fraction of sp³-hybridized carbons (Fsp3) is 0.391. The Bertz CT molecular complexity index is 856. The van der Waals surface area contributed by atoms with Gasteiger partial charge in [-0.1, -0.05) is 54.6 Å². The first-order valence-electron chi connectivity index (χ1n) is 9.92. The molecule has 2 aliphatic rings. The molecule has 1 aliphatic carbocycles. The molecular weight excluding hydrogens is 352 g/mol. The normalized spacial score (nSPS) is 20.8. The van der Waals surface area contributed by atoms with Crippen LogP contribution in [0.1, 0.15) is 31.2 Å². The summed E-state index contributed by atoms with van der Waals surface area (Å²) >= 11 is 0. The molecule has 28 heavy (non-hydrogen) atoms. The number of amides is 3. The quantitative estimate of drug-likeness (QED) is 0.746. The largest absolute Gasteiger partial charge is 0.378 e. The Morgan fingerprint density at radius 3 is 2.50 bits per heavy atom. The van der Waals surface area contributed by atoms with E-state index in [9.17, 15) is 9.59 Å². The summed E-state index contributed by atoms with van der Waals surface area (Å²) in [4.78, 5) is 26.4. The average Bonchev–Trinajstić information content (AvgIpc) is 2.96. The lowest BCUT2D eigenvalue weighted by molar-refractivity contribution is -0.132. The molecule has 5 nitrogen and oxygen atoms in total. The third-order valence-electron chi connectivity index (χ3n) is 6.04. The second kappa shape index (κ2) is 7.76. The lowest BCUT2D eigenvalue weighted by Crippen LogP contribution is -2.46. The molecule has 1 saturated carbocycles. The van der Waals surface area contributed by atoms with E-state index in [1.807, 2.05) is 30.3 Å². The highest BCUT2D eigenvalue weighted by Crippen LogP contribution is 2.39. The summed E-state index contributed by atoms with van der Waals surface area (Å²) in [5, 5.41) is 2.84. The molecule has 1 atom stereocenters. The monoisotopic (exact) mass is 378 g/mol. The van der Waals surface area contributed by atoms with Gasteiger partial charge < -0.3 is 10.1 Å². The molecule has 2 aromatic carbocycles. The number of ether oxygens (including phenoxy) is 1. The van der Waals surface area contributed by atoms with Gasteiger partial charge in [-0.15, -0.1) is 0 Å². The minimum Gasteiger partial charge on any atom is -0.378 e. The molecule has 1 aliphatic heterocycles. The highest BCUT2D eigenvalue weighted by atomic mass is 16.5. The lowest BCUT2D eigenvalue weighted by Gasteiger charge is -2.41. The predicted octanol–water partition coefficient (Wildman–Crippen LogP) is 3.78. The van der Waals surface area contributed by atoms with Crippen LogP contribution in [0.4, 0.5) is 4.79 Å². The topological polar surface area (TPSA) is 58.6 Å². The smallest absolute Gasteiger partial charge is 0.324 e. The van der Waals surface area contributed by atoms with Gasteiger partial charge in [0.15, 0.2) is 0 Å². The SMILES string of the molecule is COC1(CC2NC(=O)N(CCc3cccc(-c4ccccc4)c3)C2=O)CCC1. The number of nitrogens with zero attached hydrogens (tertiary/aromatic N) is 1. The van der Waals surface area contributed by atoms with Gasteiger partial charge in [-0.05, 0) is 42.4 Å². The second-order valence-electron chi connectivity index (χ2n) is 7.75. The summed E-state index contributed by atoms with van der Waals surface area (Å²) in [7, 11) is 1.69. The maximum absolute atomic E-state index is 12.7. The number of nitrogens with one attached hydrogen (secondary N) is 1. The van der Waals surface area contributed by atoms with Crippen molar-refractivity contribution in [3.8, 4) is 11.1 Å². The minimum atomic E-state index is -0.469. The van der Waals surface area contributed by atoms with Gasteiger partial charge in [-0.2, -0.15) is 0 Å². The van der Waals surface area contributed by atoms with Crippen LogP contribution in [0.2, 0.25) is 0 Å². The Balaban J connectivity index is 1.40. The highest BCUT2D eigenvalue weighted by molar-refractivity contribution is 6.04. The minimum absolute atomic E-state index is 0.132. The van der Waals surface area contributed by atoms with Gasteiger partial charge in [0.05, 0.1) is 5.60 Å². The molecule has 1 saturated heterocycles. The van der Waals surface area contributed by atoms with Gasteiger partial charge in [0, 0.05) is 20.1 Å². The van der Waals surface area contributed by atoms with Crippen molar-refractivity contribution in [2.24, 2.45) is 0 Å². The van der Waals surface area contributed by atoms with Crippen LogP contribution in [0.15, 0.2) is 54.6 Å². The molecular formula is C23H26N2O3. The second-order valence-corrected chi connectivity index (χ2v) is 7.75. The van der Waals surface area contributed by atoms with E-state index in [0.29, 0.717) is 19.4 Å². The molecule has 1 unspecified atom stereocenters. The summed E-state index contributed by atoms with van der Waals surface area (Å²) in [6, 6.07) is 17.7. The first-order chi connectivity index (χ1) is 13.6. The molecule has 2 fully saturated rings. The van der Waals surface area contributed by atoms with E-state index in [-0.39, 0.29) is 17.5 Å². The van der Waals surface area contributed by atoms with Crippen molar-refractivity contribution < 1.29 is 14.3 Å². The van der Waals surface area contributed by atoms with E-state index < -0.39 is 6.04 Å². The van der Waals surface area contributed by atoms with E-state index in [0.717, 1.165) is 36.0 Å². The third-order valence-corrected chi connectivity index (χ3v) is 6.04. The van der Waals surface area contributed by atoms with Gasteiger partial charge in [-0.25, -0.2) is 4.79 Å². The standard InChI is InChI=1S/C23H26N2O3/c1-28-23(12-6-13-23)16-20-21(26)25(22(27)24-20)14-11-17-7-5-10-19(15-17)18-8-3-2-4-9-18/h2-5,7-10,15,20H,6,11-14,16H2,1H3,(H,24,27). The van der Waals surface area contributed by atoms with Crippen LogP contribution < -0.4 is 5.32 Å². The molecule has 0 aromatic heterocycles. The summed E-state index contributed by atoms with van der Waals surface area (Å²) < 4.78 is 5.62. The van der Waals surface area contributed by atoms with Crippen molar-refractivity contribution in [2.45, 2.75) is 43.7 Å². The Labute approximate surface area is 165 Å². The molecule has 5 heteroatoms. The summed E-state index contributed by atoms with van der Waals surface area (Å²) in [6.07, 6.45) is 4.23. The van der Waals surface area contributed by atoms with E-state index in [4.69, 9.17) is 4.74 Å². The van der Waals surface area contributed by atoms with Crippen molar-refractivity contribution in [3.63, 3.8) is 0 Å². The number of hydrogen-bond donors (Lipinski definition) is 1. The number of hydrogen-bond acceptors (Lipinski definition) is 3. The molecule has 1 N–H and O–H groups in total. The van der Waals surface area contributed by atoms with Gasteiger partial charge in [-0.3, -0.25) is 9.69 Å². The third kappa shape index (κ3) is 3.67. The molecule has 0 spiro atoms. The molecule has 0 radical (unpaired) electrons. The van der Waals surface area contributed by atoms with Crippen LogP contribution in [0.25, 0.3) is 11.1 Å². The van der Waals surface area contributed by atoms with Crippen molar-refractivity contribution in [2.75, 3.05) is 13.7 Å². The zero-order valence-corrected chi connectivity index (χ0v) is 16.2. The maximum Gasteiger partial charge on any atom is 0.324 e. The molecule has 1 heterocycles. The van der Waals surface area contributed by atoms with Gasteiger partial charge in [0.25, 0.3) is 5.91 Å². The maximum atomic E-state index is 12.7. The van der Waals surface area contributed by atoms with E-state index >= 15 is 0 Å². The molecule has 146 valence electrons. The zero-order valence-electron chi connectivity index (χ0n) is 16.2. The summed E-state index contributed by atoms with van der Waals surface area (Å²) in [6.45, 7) is 0.388. The lowest BCUT2D eigenvalue weighted by atomic mass is 9.75. The number of imide groups is 1. The first kappa shape index (κ1) is 18.7. The molecule has 4 rings (SSSR count). The van der Waals surface area contributed by atoms with Crippen LogP contribution in [0, 0.1) is 0 Å². The molecule has 2 aromatic rings. The van der Waals surface area contributed by atoms with Crippen LogP contribution in [0.3, 0.4) is 0 Å². The van der Waals surface area contributed by atoms with Crippen LogP contribution in [0.5, 0.6) is 0 Å². The van der Waals surface area contributed by atoms with Crippen molar-refractivity contribution >= 4 is 11.9 Å². The van der Waals surface area contributed by atoms with Crippen molar-refractivity contribution in [3.05, 3.63) is 60.2 Å². The van der Waals surface area contributed by atoms with Gasteiger partial charge in [0.2, 0.25) is 0 Å². The fourth-order valence-electron chi connectivity index (χ4n) is 4.14. The number of urea groups is 1. The number of methoxy groups -OCH3 is 1. The van der Waals surface area contributed by atoms with E-state index in [2.05, 4.69) is 29.6 Å².